The second-order valence-electron chi connectivity index (χ2n) is 8.86. The molecule has 0 radical (unpaired) electrons. The SMILES string of the molecule is Cc1cccc(C(C)Cc2cccc(C(C)Cc3cc(Cl)cc(C(C)C)c3F)c2F)n1. The Labute approximate surface area is 189 Å². The number of aryl methyl sites for hydroxylation is 1. The normalized spacial score (nSPS) is 13.5. The fourth-order valence-corrected chi connectivity index (χ4v) is 4.34. The zero-order valence-corrected chi connectivity index (χ0v) is 19.6. The van der Waals surface area contributed by atoms with Crippen LogP contribution in [0, 0.1) is 18.6 Å². The van der Waals surface area contributed by atoms with Crippen molar-refractivity contribution in [3.8, 4) is 0 Å². The summed E-state index contributed by atoms with van der Waals surface area (Å²) in [6.07, 6.45) is 0.952. The standard InChI is InChI=1S/C27H30ClF2N/c1-16(2)24-15-22(28)14-21(27(24)30)12-17(3)23-10-7-9-20(26(23)29)13-18(4)25-11-6-8-19(5)31-25/h6-11,14-18H,12-13H2,1-5H3. The molecule has 0 aliphatic rings. The van der Waals surface area contributed by atoms with Crippen molar-refractivity contribution >= 4 is 11.6 Å². The number of benzene rings is 2. The van der Waals surface area contributed by atoms with Gasteiger partial charge in [0.1, 0.15) is 11.6 Å². The Morgan fingerprint density at radius 3 is 2.13 bits per heavy atom. The second kappa shape index (κ2) is 9.91. The molecule has 0 bridgehead atoms. The van der Waals surface area contributed by atoms with Gasteiger partial charge in [-0.05, 0) is 78.1 Å². The lowest BCUT2D eigenvalue weighted by Crippen LogP contribution is -2.09. The third kappa shape index (κ3) is 5.51. The zero-order chi connectivity index (χ0) is 22.7. The number of pyridine rings is 1. The molecule has 1 heterocycles. The maximum Gasteiger partial charge on any atom is 0.129 e. The number of aromatic nitrogens is 1. The molecule has 2 aromatic carbocycles. The molecule has 0 saturated carbocycles. The quantitative estimate of drug-likeness (QED) is 0.360. The zero-order valence-electron chi connectivity index (χ0n) is 18.8. The van der Waals surface area contributed by atoms with E-state index in [-0.39, 0.29) is 29.4 Å². The molecule has 1 nitrogen and oxygen atoms in total. The van der Waals surface area contributed by atoms with E-state index in [9.17, 15) is 4.39 Å². The first kappa shape index (κ1) is 23.4. The average molecular weight is 442 g/mol. The van der Waals surface area contributed by atoms with Crippen LogP contribution in [-0.2, 0) is 12.8 Å². The van der Waals surface area contributed by atoms with Crippen LogP contribution in [-0.4, -0.2) is 4.98 Å². The van der Waals surface area contributed by atoms with Crippen molar-refractivity contribution in [2.75, 3.05) is 0 Å². The highest BCUT2D eigenvalue weighted by Gasteiger charge is 2.20. The molecule has 4 heteroatoms. The maximum absolute atomic E-state index is 15.4. The lowest BCUT2D eigenvalue weighted by molar-refractivity contribution is 0.549. The van der Waals surface area contributed by atoms with Gasteiger partial charge in [0.25, 0.3) is 0 Å². The van der Waals surface area contributed by atoms with Crippen LogP contribution in [0.2, 0.25) is 5.02 Å². The Hall–Kier alpha value is -2.26. The number of halogens is 3. The van der Waals surface area contributed by atoms with Crippen molar-refractivity contribution in [2.24, 2.45) is 0 Å². The molecule has 0 spiro atoms. The van der Waals surface area contributed by atoms with E-state index in [1.165, 1.54) is 0 Å². The molecule has 2 atom stereocenters. The number of nitrogens with zero attached hydrogens (tertiary/aromatic N) is 1. The first-order chi connectivity index (χ1) is 14.7. The van der Waals surface area contributed by atoms with E-state index in [1.807, 2.05) is 58.0 Å². The van der Waals surface area contributed by atoms with Crippen molar-refractivity contribution in [1.82, 2.24) is 4.98 Å². The number of rotatable bonds is 7. The van der Waals surface area contributed by atoms with Crippen molar-refractivity contribution < 1.29 is 8.78 Å². The monoisotopic (exact) mass is 441 g/mol. The molecule has 3 rings (SSSR count). The second-order valence-corrected chi connectivity index (χ2v) is 9.29. The first-order valence-electron chi connectivity index (χ1n) is 10.9. The summed E-state index contributed by atoms with van der Waals surface area (Å²) in [7, 11) is 0. The van der Waals surface area contributed by atoms with E-state index in [0.29, 0.717) is 40.1 Å². The van der Waals surface area contributed by atoms with Gasteiger partial charge in [0.05, 0.1) is 0 Å². The van der Waals surface area contributed by atoms with Crippen LogP contribution in [0.5, 0.6) is 0 Å². The summed E-state index contributed by atoms with van der Waals surface area (Å²) in [4.78, 5) is 4.58. The fraction of sp³-hybridized carbons (Fsp3) is 0.370. The Bertz CT molecular complexity index is 1060. The van der Waals surface area contributed by atoms with E-state index < -0.39 is 0 Å². The van der Waals surface area contributed by atoms with Crippen LogP contribution < -0.4 is 0 Å². The lowest BCUT2D eigenvalue weighted by Gasteiger charge is -2.19. The summed E-state index contributed by atoms with van der Waals surface area (Å²) >= 11 is 6.23. The number of hydrogen-bond donors (Lipinski definition) is 0. The van der Waals surface area contributed by atoms with Gasteiger partial charge in [0.2, 0.25) is 0 Å². The minimum Gasteiger partial charge on any atom is -0.258 e. The van der Waals surface area contributed by atoms with Gasteiger partial charge >= 0.3 is 0 Å². The highest BCUT2D eigenvalue weighted by Crippen LogP contribution is 2.32. The summed E-state index contributed by atoms with van der Waals surface area (Å²) in [5.74, 6) is -0.494. The maximum atomic E-state index is 15.4. The van der Waals surface area contributed by atoms with Gasteiger partial charge in [0, 0.05) is 22.3 Å². The Morgan fingerprint density at radius 2 is 1.45 bits per heavy atom. The van der Waals surface area contributed by atoms with Crippen LogP contribution in [0.4, 0.5) is 8.78 Å². The van der Waals surface area contributed by atoms with Crippen LogP contribution >= 0.6 is 11.6 Å². The van der Waals surface area contributed by atoms with Crippen molar-refractivity contribution in [2.45, 2.75) is 65.2 Å². The molecule has 3 aromatic rings. The Morgan fingerprint density at radius 1 is 0.806 bits per heavy atom. The van der Waals surface area contributed by atoms with Crippen LogP contribution in [0.3, 0.4) is 0 Å². The predicted octanol–water partition coefficient (Wildman–Crippen LogP) is 8.14. The lowest BCUT2D eigenvalue weighted by atomic mass is 9.88. The van der Waals surface area contributed by atoms with E-state index in [1.54, 1.807) is 18.2 Å². The van der Waals surface area contributed by atoms with Gasteiger partial charge in [-0.25, -0.2) is 8.78 Å². The summed E-state index contributed by atoms with van der Waals surface area (Å²) < 4.78 is 30.4. The minimum atomic E-state index is -0.234. The van der Waals surface area contributed by atoms with Gasteiger partial charge in [-0.2, -0.15) is 0 Å². The molecule has 0 fully saturated rings. The Balaban J connectivity index is 1.84. The summed E-state index contributed by atoms with van der Waals surface area (Å²) in [6, 6.07) is 14.8. The smallest absolute Gasteiger partial charge is 0.129 e. The van der Waals surface area contributed by atoms with Gasteiger partial charge in [-0.1, -0.05) is 63.6 Å². The molecule has 0 aliphatic carbocycles. The molecule has 0 N–H and O–H groups in total. The summed E-state index contributed by atoms with van der Waals surface area (Å²) in [5, 5.41) is 0.515. The molecule has 164 valence electrons. The van der Waals surface area contributed by atoms with Crippen molar-refractivity contribution in [3.63, 3.8) is 0 Å². The summed E-state index contributed by atoms with van der Waals surface area (Å²) in [5.41, 5.74) is 4.31. The largest absolute Gasteiger partial charge is 0.258 e. The van der Waals surface area contributed by atoms with E-state index >= 15 is 4.39 Å². The third-order valence-corrected chi connectivity index (χ3v) is 6.09. The topological polar surface area (TPSA) is 12.9 Å². The molecular weight excluding hydrogens is 412 g/mol. The Kier molecular flexibility index (Phi) is 7.48. The molecule has 31 heavy (non-hydrogen) atoms. The van der Waals surface area contributed by atoms with E-state index in [2.05, 4.69) is 11.9 Å². The van der Waals surface area contributed by atoms with Crippen LogP contribution in [0.25, 0.3) is 0 Å². The molecule has 2 unspecified atom stereocenters. The van der Waals surface area contributed by atoms with Crippen molar-refractivity contribution in [3.05, 3.63) is 98.8 Å². The summed E-state index contributed by atoms with van der Waals surface area (Å²) in [6.45, 7) is 9.83. The van der Waals surface area contributed by atoms with E-state index in [0.717, 1.165) is 11.4 Å². The molecular formula is C27H30ClF2N. The fourth-order valence-electron chi connectivity index (χ4n) is 4.09. The van der Waals surface area contributed by atoms with Gasteiger partial charge in [-0.3, -0.25) is 4.98 Å². The highest BCUT2D eigenvalue weighted by atomic mass is 35.5. The first-order valence-corrected chi connectivity index (χ1v) is 11.2. The molecule has 0 amide bonds. The molecule has 0 saturated heterocycles. The predicted molar refractivity (Wildman–Crippen MR) is 125 cm³/mol. The minimum absolute atomic E-state index is 0.0320. The van der Waals surface area contributed by atoms with Gasteiger partial charge in [-0.15, -0.1) is 0 Å². The van der Waals surface area contributed by atoms with E-state index in [4.69, 9.17) is 11.6 Å². The highest BCUT2D eigenvalue weighted by molar-refractivity contribution is 6.30. The van der Waals surface area contributed by atoms with Gasteiger partial charge < -0.3 is 0 Å². The average Bonchev–Trinajstić information content (AvgIpc) is 2.71. The third-order valence-electron chi connectivity index (χ3n) is 5.87. The van der Waals surface area contributed by atoms with Crippen molar-refractivity contribution in [1.29, 1.82) is 0 Å². The number of hydrogen-bond acceptors (Lipinski definition) is 1. The van der Waals surface area contributed by atoms with Crippen LogP contribution in [0.15, 0.2) is 48.5 Å². The molecule has 0 aliphatic heterocycles. The van der Waals surface area contributed by atoms with Crippen LogP contribution in [0.1, 0.15) is 79.1 Å². The molecule has 1 aromatic heterocycles. The van der Waals surface area contributed by atoms with Gasteiger partial charge in [0.15, 0.2) is 0 Å².